The van der Waals surface area contributed by atoms with Gasteiger partial charge in [0, 0.05) is 23.9 Å². The standard InChI is InChI=1S/C28H25F3N4O3/c1-2-37-17-18-38-27-33-26(21-9-6-10-22(19-21)28(29,30)31)35(34-27)24-14-12-23(13-15-24)32-25(36)16-11-20-7-4-3-5-8-20/h3-16,19H,2,17-18H2,1H3,(H,32,36)/b16-11+. The maximum atomic E-state index is 13.3. The Labute approximate surface area is 217 Å². The van der Waals surface area contributed by atoms with Gasteiger partial charge in [0.05, 0.1) is 17.9 Å². The van der Waals surface area contributed by atoms with Crippen molar-refractivity contribution in [2.75, 3.05) is 25.1 Å². The molecule has 0 saturated heterocycles. The van der Waals surface area contributed by atoms with Gasteiger partial charge in [-0.25, -0.2) is 4.68 Å². The predicted molar refractivity (Wildman–Crippen MR) is 138 cm³/mol. The largest absolute Gasteiger partial charge is 0.460 e. The third kappa shape index (κ3) is 7.07. The number of ether oxygens (including phenoxy) is 2. The van der Waals surface area contributed by atoms with Crippen molar-refractivity contribution in [3.05, 3.63) is 96.1 Å². The highest BCUT2D eigenvalue weighted by Gasteiger charge is 2.31. The summed E-state index contributed by atoms with van der Waals surface area (Å²) >= 11 is 0. The van der Waals surface area contributed by atoms with Crippen LogP contribution in [0.2, 0.25) is 0 Å². The molecule has 0 aliphatic heterocycles. The Bertz CT molecular complexity index is 1380. The molecule has 196 valence electrons. The summed E-state index contributed by atoms with van der Waals surface area (Å²) in [5.74, 6) is -0.137. The van der Waals surface area contributed by atoms with Crippen LogP contribution in [0.3, 0.4) is 0 Å². The molecule has 0 aliphatic rings. The lowest BCUT2D eigenvalue weighted by Crippen LogP contribution is -2.08. The molecule has 4 aromatic rings. The highest BCUT2D eigenvalue weighted by atomic mass is 19.4. The van der Waals surface area contributed by atoms with Crippen LogP contribution in [0.1, 0.15) is 18.1 Å². The molecule has 1 N–H and O–H groups in total. The first-order chi connectivity index (χ1) is 18.3. The topological polar surface area (TPSA) is 78.3 Å². The third-order valence-electron chi connectivity index (χ3n) is 5.30. The molecule has 0 saturated carbocycles. The number of carbonyl (C=O) groups is 1. The highest BCUT2D eigenvalue weighted by molar-refractivity contribution is 6.01. The highest BCUT2D eigenvalue weighted by Crippen LogP contribution is 2.33. The van der Waals surface area contributed by atoms with Crippen LogP contribution in [-0.2, 0) is 15.7 Å². The van der Waals surface area contributed by atoms with Crippen molar-refractivity contribution in [2.45, 2.75) is 13.1 Å². The number of carbonyl (C=O) groups excluding carboxylic acids is 1. The number of anilines is 1. The number of rotatable bonds is 10. The maximum Gasteiger partial charge on any atom is 0.416 e. The van der Waals surface area contributed by atoms with E-state index in [1.165, 1.54) is 22.9 Å². The second kappa shape index (κ2) is 12.2. The molecule has 0 aliphatic carbocycles. The van der Waals surface area contributed by atoms with Crippen LogP contribution in [0, 0.1) is 0 Å². The minimum absolute atomic E-state index is 0.000503. The Morgan fingerprint density at radius 3 is 2.47 bits per heavy atom. The van der Waals surface area contributed by atoms with Crippen molar-refractivity contribution in [2.24, 2.45) is 0 Å². The number of nitrogens with one attached hydrogen (secondary N) is 1. The van der Waals surface area contributed by atoms with Crippen LogP contribution < -0.4 is 10.1 Å². The number of hydrogen-bond acceptors (Lipinski definition) is 5. The van der Waals surface area contributed by atoms with E-state index in [0.29, 0.717) is 24.6 Å². The van der Waals surface area contributed by atoms with Crippen molar-refractivity contribution in [3.8, 4) is 23.1 Å². The van der Waals surface area contributed by atoms with E-state index >= 15 is 0 Å². The molecule has 38 heavy (non-hydrogen) atoms. The Hall–Kier alpha value is -4.44. The zero-order chi connectivity index (χ0) is 27.0. The van der Waals surface area contributed by atoms with Gasteiger partial charge in [0.1, 0.15) is 6.61 Å². The van der Waals surface area contributed by atoms with Crippen molar-refractivity contribution in [1.29, 1.82) is 0 Å². The number of halogens is 3. The van der Waals surface area contributed by atoms with Crippen LogP contribution in [0.4, 0.5) is 18.9 Å². The fourth-order valence-corrected chi connectivity index (χ4v) is 3.50. The van der Waals surface area contributed by atoms with Crippen molar-refractivity contribution in [3.63, 3.8) is 0 Å². The fraction of sp³-hybridized carbons (Fsp3) is 0.179. The van der Waals surface area contributed by atoms with Crippen molar-refractivity contribution in [1.82, 2.24) is 14.8 Å². The van der Waals surface area contributed by atoms with Crippen LogP contribution in [0.5, 0.6) is 6.01 Å². The van der Waals surface area contributed by atoms with E-state index in [2.05, 4.69) is 15.4 Å². The summed E-state index contributed by atoms with van der Waals surface area (Å²) in [5, 5.41) is 7.12. The van der Waals surface area contributed by atoms with E-state index < -0.39 is 11.7 Å². The summed E-state index contributed by atoms with van der Waals surface area (Å²) in [7, 11) is 0. The number of aromatic nitrogens is 3. The molecule has 3 aromatic carbocycles. The van der Waals surface area contributed by atoms with Gasteiger partial charge in [-0.15, -0.1) is 5.10 Å². The van der Waals surface area contributed by atoms with Gasteiger partial charge in [-0.3, -0.25) is 4.79 Å². The molecule has 1 aromatic heterocycles. The zero-order valence-corrected chi connectivity index (χ0v) is 20.5. The summed E-state index contributed by atoms with van der Waals surface area (Å²) in [6.07, 6.45) is -1.38. The lowest BCUT2D eigenvalue weighted by atomic mass is 10.1. The molecule has 0 spiro atoms. The number of alkyl halides is 3. The van der Waals surface area contributed by atoms with E-state index in [0.717, 1.165) is 17.7 Å². The average Bonchev–Trinajstić information content (AvgIpc) is 3.35. The predicted octanol–water partition coefficient (Wildman–Crippen LogP) is 6.02. The Balaban J connectivity index is 1.57. The van der Waals surface area contributed by atoms with Gasteiger partial charge in [-0.1, -0.05) is 42.5 Å². The zero-order valence-electron chi connectivity index (χ0n) is 20.5. The summed E-state index contributed by atoms with van der Waals surface area (Å²) in [5.41, 5.74) is 1.36. The Morgan fingerprint density at radius 2 is 1.76 bits per heavy atom. The molecule has 0 atom stereocenters. The van der Waals surface area contributed by atoms with Gasteiger partial charge < -0.3 is 14.8 Å². The lowest BCUT2D eigenvalue weighted by Gasteiger charge is -2.10. The molecule has 1 heterocycles. The Kier molecular flexibility index (Phi) is 8.55. The van der Waals surface area contributed by atoms with Crippen LogP contribution >= 0.6 is 0 Å². The van der Waals surface area contributed by atoms with Gasteiger partial charge in [0.2, 0.25) is 5.91 Å². The quantitative estimate of drug-likeness (QED) is 0.204. The van der Waals surface area contributed by atoms with Gasteiger partial charge in [0.25, 0.3) is 0 Å². The maximum absolute atomic E-state index is 13.3. The molecule has 7 nitrogen and oxygen atoms in total. The minimum Gasteiger partial charge on any atom is -0.460 e. The molecule has 1 amide bonds. The van der Waals surface area contributed by atoms with Gasteiger partial charge >= 0.3 is 12.2 Å². The molecular weight excluding hydrogens is 497 g/mol. The van der Waals surface area contributed by atoms with Crippen LogP contribution in [0.15, 0.2) is 84.9 Å². The second-order valence-corrected chi connectivity index (χ2v) is 8.03. The van der Waals surface area contributed by atoms with Gasteiger partial charge in [0.15, 0.2) is 5.82 Å². The third-order valence-corrected chi connectivity index (χ3v) is 5.30. The summed E-state index contributed by atoms with van der Waals surface area (Å²) < 4.78 is 52.2. The molecule has 0 bridgehead atoms. The number of hydrogen-bond donors (Lipinski definition) is 1. The van der Waals surface area contributed by atoms with E-state index in [4.69, 9.17) is 9.47 Å². The Morgan fingerprint density at radius 1 is 1.00 bits per heavy atom. The molecule has 10 heteroatoms. The monoisotopic (exact) mass is 522 g/mol. The first kappa shape index (κ1) is 26.6. The van der Waals surface area contributed by atoms with Crippen LogP contribution in [0.25, 0.3) is 23.2 Å². The molecule has 0 fully saturated rings. The van der Waals surface area contributed by atoms with Gasteiger partial charge in [-0.05, 0) is 55.0 Å². The number of benzene rings is 3. The summed E-state index contributed by atoms with van der Waals surface area (Å²) in [4.78, 5) is 16.6. The van der Waals surface area contributed by atoms with Crippen molar-refractivity contribution >= 4 is 17.7 Å². The van der Waals surface area contributed by atoms with Crippen molar-refractivity contribution < 1.29 is 27.4 Å². The molecule has 4 rings (SSSR count). The first-order valence-corrected chi connectivity index (χ1v) is 11.8. The minimum atomic E-state index is -4.51. The SMILES string of the molecule is CCOCCOc1nc(-c2cccc(C(F)(F)F)c2)n(-c2ccc(NC(=O)/C=C/c3ccccc3)cc2)n1. The molecule has 0 radical (unpaired) electrons. The van der Waals surface area contributed by atoms with E-state index in [1.807, 2.05) is 37.3 Å². The first-order valence-electron chi connectivity index (χ1n) is 11.8. The summed E-state index contributed by atoms with van der Waals surface area (Å²) in [6.45, 7) is 2.87. The average molecular weight is 523 g/mol. The number of nitrogens with zero attached hydrogens (tertiary/aromatic N) is 3. The second-order valence-electron chi connectivity index (χ2n) is 8.03. The lowest BCUT2D eigenvalue weighted by molar-refractivity contribution is -0.137. The fourth-order valence-electron chi connectivity index (χ4n) is 3.50. The molecular formula is C28H25F3N4O3. The smallest absolute Gasteiger partial charge is 0.416 e. The summed E-state index contributed by atoms with van der Waals surface area (Å²) in [6, 6.07) is 20.9. The van der Waals surface area contributed by atoms with E-state index in [-0.39, 0.29) is 29.9 Å². The normalized spacial score (nSPS) is 11.6. The van der Waals surface area contributed by atoms with E-state index in [9.17, 15) is 18.0 Å². The van der Waals surface area contributed by atoms with E-state index in [1.54, 1.807) is 30.3 Å². The number of amides is 1. The molecule has 0 unspecified atom stereocenters. The van der Waals surface area contributed by atoms with Gasteiger partial charge in [-0.2, -0.15) is 18.2 Å². The van der Waals surface area contributed by atoms with Crippen LogP contribution in [-0.4, -0.2) is 40.5 Å².